The minimum atomic E-state index is -0.0808. The van der Waals surface area contributed by atoms with Crippen molar-refractivity contribution in [2.24, 2.45) is 0 Å². The normalized spacial score (nSPS) is 10.3. The van der Waals surface area contributed by atoms with Gasteiger partial charge in [-0.1, -0.05) is 11.6 Å². The molecule has 1 aromatic heterocycles. The lowest BCUT2D eigenvalue weighted by Gasteiger charge is -2.07. The number of rotatable bonds is 6. The number of amides is 1. The van der Waals surface area contributed by atoms with E-state index in [4.69, 9.17) is 20.8 Å². The summed E-state index contributed by atoms with van der Waals surface area (Å²) in [5.41, 5.74) is 0.652. The minimum absolute atomic E-state index is 0.0808. The van der Waals surface area contributed by atoms with Crippen molar-refractivity contribution in [3.05, 3.63) is 47.4 Å². The van der Waals surface area contributed by atoms with Gasteiger partial charge in [-0.05, 0) is 30.3 Å². The van der Waals surface area contributed by atoms with Crippen molar-refractivity contribution in [3.63, 3.8) is 0 Å². The van der Waals surface area contributed by atoms with Gasteiger partial charge in [0.05, 0.1) is 29.9 Å². The molecule has 6 heteroatoms. The van der Waals surface area contributed by atoms with Crippen molar-refractivity contribution in [1.82, 2.24) is 0 Å². The number of methoxy groups -OCH3 is 1. The molecule has 0 aliphatic rings. The van der Waals surface area contributed by atoms with E-state index in [1.54, 1.807) is 31.6 Å². The highest BCUT2D eigenvalue weighted by atomic mass is 35.5. The molecule has 0 saturated carbocycles. The predicted molar refractivity (Wildman–Crippen MR) is 81.5 cm³/mol. The molecule has 0 unspecified atom stereocenters. The maximum atomic E-state index is 11.8. The molecule has 0 spiro atoms. The summed E-state index contributed by atoms with van der Waals surface area (Å²) in [4.78, 5) is 11.8. The van der Waals surface area contributed by atoms with Crippen LogP contribution in [0.5, 0.6) is 5.75 Å². The summed E-state index contributed by atoms with van der Waals surface area (Å²) in [7, 11) is 1.55. The zero-order chi connectivity index (χ0) is 14.4. The van der Waals surface area contributed by atoms with Crippen LogP contribution in [0.25, 0.3) is 0 Å². The molecule has 1 N–H and O–H groups in total. The Hall–Kier alpha value is -1.59. The van der Waals surface area contributed by atoms with Gasteiger partial charge in [0.1, 0.15) is 11.5 Å². The summed E-state index contributed by atoms with van der Waals surface area (Å²) in [6, 6.07) is 8.84. The van der Waals surface area contributed by atoms with Crippen LogP contribution in [0.15, 0.2) is 41.0 Å². The fourth-order valence-corrected chi connectivity index (χ4v) is 2.56. The molecular formula is C14H14ClNO3S. The third kappa shape index (κ3) is 4.21. The first kappa shape index (κ1) is 14.8. The van der Waals surface area contributed by atoms with Crippen molar-refractivity contribution in [3.8, 4) is 5.75 Å². The molecule has 4 nitrogen and oxygen atoms in total. The molecule has 20 heavy (non-hydrogen) atoms. The van der Waals surface area contributed by atoms with Crippen LogP contribution >= 0.6 is 23.4 Å². The molecule has 2 aromatic rings. The molecule has 0 aliphatic carbocycles. The number of furan rings is 1. The number of thioether (sulfide) groups is 1. The molecular weight excluding hydrogens is 298 g/mol. The largest absolute Gasteiger partial charge is 0.495 e. The van der Waals surface area contributed by atoms with Crippen molar-refractivity contribution in [1.29, 1.82) is 0 Å². The second-order valence-corrected chi connectivity index (χ2v) is 5.36. The molecule has 106 valence electrons. The number of carbonyl (C=O) groups is 1. The Morgan fingerprint density at radius 2 is 2.30 bits per heavy atom. The highest BCUT2D eigenvalue weighted by molar-refractivity contribution is 7.99. The second-order valence-electron chi connectivity index (χ2n) is 3.97. The van der Waals surface area contributed by atoms with Crippen LogP contribution in [0.3, 0.4) is 0 Å². The maximum absolute atomic E-state index is 11.8. The van der Waals surface area contributed by atoms with Gasteiger partial charge in [0.15, 0.2) is 0 Å². The Kier molecular flexibility index (Phi) is 5.38. The van der Waals surface area contributed by atoms with Gasteiger partial charge in [-0.2, -0.15) is 0 Å². The van der Waals surface area contributed by atoms with Crippen molar-refractivity contribution in [2.75, 3.05) is 18.2 Å². The van der Waals surface area contributed by atoms with Crippen LogP contribution in [-0.4, -0.2) is 18.8 Å². The first-order chi connectivity index (χ1) is 9.69. The van der Waals surface area contributed by atoms with E-state index in [1.807, 2.05) is 12.1 Å². The average molecular weight is 312 g/mol. The number of benzene rings is 1. The molecule has 1 amide bonds. The molecule has 1 aromatic carbocycles. The molecule has 1 heterocycles. The van der Waals surface area contributed by atoms with Crippen molar-refractivity contribution in [2.45, 2.75) is 5.75 Å². The summed E-state index contributed by atoms with van der Waals surface area (Å²) >= 11 is 7.48. The molecule has 0 fully saturated rings. The lowest BCUT2D eigenvalue weighted by atomic mass is 10.3. The van der Waals surface area contributed by atoms with Gasteiger partial charge in [0.25, 0.3) is 0 Å². The Labute approximate surface area is 126 Å². The van der Waals surface area contributed by atoms with E-state index < -0.39 is 0 Å². The van der Waals surface area contributed by atoms with Crippen LogP contribution in [0, 0.1) is 0 Å². The van der Waals surface area contributed by atoms with Gasteiger partial charge < -0.3 is 14.5 Å². The summed E-state index contributed by atoms with van der Waals surface area (Å²) < 4.78 is 10.2. The van der Waals surface area contributed by atoms with Crippen molar-refractivity contribution >= 4 is 35.0 Å². The first-order valence-corrected chi connectivity index (χ1v) is 7.46. The molecule has 0 saturated heterocycles. The van der Waals surface area contributed by atoms with E-state index >= 15 is 0 Å². The van der Waals surface area contributed by atoms with E-state index in [0.717, 1.165) is 5.76 Å². The van der Waals surface area contributed by atoms with Crippen LogP contribution in [-0.2, 0) is 10.5 Å². The highest BCUT2D eigenvalue weighted by Gasteiger charge is 2.06. The lowest BCUT2D eigenvalue weighted by molar-refractivity contribution is -0.113. The number of hydrogen-bond donors (Lipinski definition) is 1. The van der Waals surface area contributed by atoms with E-state index in [9.17, 15) is 4.79 Å². The minimum Gasteiger partial charge on any atom is -0.495 e. The van der Waals surface area contributed by atoms with E-state index in [1.165, 1.54) is 11.8 Å². The third-order valence-corrected chi connectivity index (χ3v) is 3.74. The number of nitrogens with one attached hydrogen (secondary N) is 1. The topological polar surface area (TPSA) is 51.5 Å². The van der Waals surface area contributed by atoms with E-state index in [0.29, 0.717) is 28.0 Å². The van der Waals surface area contributed by atoms with E-state index in [-0.39, 0.29) is 5.91 Å². The van der Waals surface area contributed by atoms with Crippen LogP contribution in [0.2, 0.25) is 5.02 Å². The SMILES string of the molecule is COc1ccc(NC(=O)CSCc2ccco2)cc1Cl. The van der Waals surface area contributed by atoms with Gasteiger partial charge in [0.2, 0.25) is 5.91 Å². The number of anilines is 1. The summed E-state index contributed by atoms with van der Waals surface area (Å²) in [6.45, 7) is 0. The van der Waals surface area contributed by atoms with Crippen LogP contribution in [0.1, 0.15) is 5.76 Å². The molecule has 0 radical (unpaired) electrons. The number of ether oxygens (including phenoxy) is 1. The lowest BCUT2D eigenvalue weighted by Crippen LogP contribution is -2.14. The Bertz CT molecular complexity index is 572. The van der Waals surface area contributed by atoms with Gasteiger partial charge in [-0.3, -0.25) is 4.79 Å². The quantitative estimate of drug-likeness (QED) is 0.881. The summed E-state index contributed by atoms with van der Waals surface area (Å²) in [5.74, 6) is 2.38. The van der Waals surface area contributed by atoms with E-state index in [2.05, 4.69) is 5.32 Å². The predicted octanol–water partition coefficient (Wildman–Crippen LogP) is 3.81. The zero-order valence-corrected chi connectivity index (χ0v) is 12.5. The smallest absolute Gasteiger partial charge is 0.234 e. The van der Waals surface area contributed by atoms with Crippen LogP contribution < -0.4 is 10.1 Å². The van der Waals surface area contributed by atoms with Gasteiger partial charge in [0, 0.05) is 5.69 Å². The second kappa shape index (κ2) is 7.26. The van der Waals surface area contributed by atoms with Gasteiger partial charge >= 0.3 is 0 Å². The van der Waals surface area contributed by atoms with Gasteiger partial charge in [-0.25, -0.2) is 0 Å². The molecule has 2 rings (SSSR count). The van der Waals surface area contributed by atoms with Gasteiger partial charge in [-0.15, -0.1) is 11.8 Å². The van der Waals surface area contributed by atoms with Crippen LogP contribution in [0.4, 0.5) is 5.69 Å². The number of hydrogen-bond acceptors (Lipinski definition) is 4. The Morgan fingerprint density at radius 1 is 1.45 bits per heavy atom. The molecule has 0 bridgehead atoms. The summed E-state index contributed by atoms with van der Waals surface area (Å²) in [5, 5.41) is 3.25. The zero-order valence-electron chi connectivity index (χ0n) is 10.9. The first-order valence-electron chi connectivity index (χ1n) is 5.92. The third-order valence-electron chi connectivity index (χ3n) is 2.49. The number of halogens is 1. The fraction of sp³-hybridized carbons (Fsp3) is 0.214. The van der Waals surface area contributed by atoms with Crippen molar-refractivity contribution < 1.29 is 13.9 Å². The average Bonchev–Trinajstić information content (AvgIpc) is 2.92. The summed E-state index contributed by atoms with van der Waals surface area (Å²) in [6.07, 6.45) is 1.62. The highest BCUT2D eigenvalue weighted by Crippen LogP contribution is 2.27. The standard InChI is InChI=1S/C14H14ClNO3S/c1-18-13-5-4-10(7-12(13)15)16-14(17)9-20-8-11-3-2-6-19-11/h2-7H,8-9H2,1H3,(H,16,17). The Balaban J connectivity index is 1.80. The molecule has 0 atom stereocenters. The maximum Gasteiger partial charge on any atom is 0.234 e. The number of carbonyl (C=O) groups excluding carboxylic acids is 1. The Morgan fingerprint density at radius 3 is 2.95 bits per heavy atom. The fourth-order valence-electron chi connectivity index (χ4n) is 1.58. The molecule has 0 aliphatic heterocycles. The monoisotopic (exact) mass is 311 g/mol.